The first-order valence-corrected chi connectivity index (χ1v) is 21.4. The molecule has 0 bridgehead atoms. The van der Waals surface area contributed by atoms with Crippen LogP contribution in [0, 0.1) is 17.8 Å². The minimum Gasteiger partial charge on any atom is -0.453 e. The van der Waals surface area contributed by atoms with Gasteiger partial charge >= 0.3 is 6.09 Å². The molecule has 0 radical (unpaired) electrons. The number of fused-ring (bicyclic) bond motifs is 4. The largest absolute Gasteiger partial charge is 0.453 e. The Morgan fingerprint density at radius 2 is 1.20 bits per heavy atom. The van der Waals surface area contributed by atoms with Gasteiger partial charge in [-0.3, -0.25) is 9.59 Å². The van der Waals surface area contributed by atoms with Crippen LogP contribution in [0.2, 0.25) is 0 Å². The lowest BCUT2D eigenvalue weighted by atomic mass is 10.0. The summed E-state index contributed by atoms with van der Waals surface area (Å²) in [6, 6.07) is 10.6. The standard InChI is InChI=1S/C45H55N7O8/c1-23(24(2)56-4)43(53)51-32-11-7-9-28(32)17-34(51)41-46-21-30(48-41)26-13-15-36-38(19-26)59-37-16-14-27(20-39(37)60-36)31-22-47-42(49-31)35-18-29-10-8-12-33(29)52(35)44(54)40(25(3)57-5)50-45(55)58-6/h13-16,19-25,28-29,32-35,40H,7-12,17-18H2,1-6H3,(H,46,48)(H,47,49)(H,50,55)/t23-,24+,25+,28-,29-,32-,33-,34-,35-,40-/m0/s1. The van der Waals surface area contributed by atoms with Crippen molar-refractivity contribution in [3.63, 3.8) is 0 Å². The highest BCUT2D eigenvalue weighted by Gasteiger charge is 2.51. The number of aromatic amines is 2. The number of amides is 3. The number of likely N-dealkylation sites (tertiary alicyclic amines) is 2. The van der Waals surface area contributed by atoms with Crippen LogP contribution >= 0.6 is 0 Å². The highest BCUT2D eigenvalue weighted by molar-refractivity contribution is 5.87. The number of H-pyrrole nitrogens is 2. The molecule has 9 rings (SSSR count). The summed E-state index contributed by atoms with van der Waals surface area (Å²) < 4.78 is 28.7. The van der Waals surface area contributed by atoms with Gasteiger partial charge in [0.15, 0.2) is 23.0 Å². The van der Waals surface area contributed by atoms with E-state index in [4.69, 9.17) is 33.7 Å². The molecule has 2 saturated heterocycles. The zero-order valence-electron chi connectivity index (χ0n) is 35.1. The van der Waals surface area contributed by atoms with E-state index in [1.807, 2.05) is 61.3 Å². The zero-order valence-corrected chi connectivity index (χ0v) is 35.1. The van der Waals surface area contributed by atoms with E-state index in [9.17, 15) is 14.4 Å². The number of ether oxygens (including phenoxy) is 5. The summed E-state index contributed by atoms with van der Waals surface area (Å²) in [6.07, 6.45) is 10.2. The predicted molar refractivity (Wildman–Crippen MR) is 220 cm³/mol. The molecule has 0 spiro atoms. The Hall–Kier alpha value is -5.41. The van der Waals surface area contributed by atoms with Crippen molar-refractivity contribution in [3.8, 4) is 45.5 Å². The molecule has 3 amide bonds. The van der Waals surface area contributed by atoms with Gasteiger partial charge in [0.05, 0.1) is 61.1 Å². The molecule has 5 heterocycles. The first-order chi connectivity index (χ1) is 29.1. The van der Waals surface area contributed by atoms with Crippen LogP contribution < -0.4 is 14.8 Å². The SMILES string of the molecule is COC(=O)N[C@H](C(=O)N1[C@H](c2ncc(-c3ccc4c(c3)Oc3ccc(-c5cnc([C@@H]6C[C@@H]7CCC[C@@H]7N6C(=O)[C@@H](C)[C@@H](C)OC)[nH]5)cc3O4)[nH]2)C[C@@H]2CCC[C@@H]21)[C@@H](C)OC. The number of nitrogens with one attached hydrogen (secondary N) is 3. The Bertz CT molecular complexity index is 2260. The number of hydrogen-bond donors (Lipinski definition) is 3. The lowest BCUT2D eigenvalue weighted by Crippen LogP contribution is -2.55. The van der Waals surface area contributed by atoms with Crippen molar-refractivity contribution < 1.29 is 38.1 Å². The Labute approximate surface area is 349 Å². The fourth-order valence-corrected chi connectivity index (χ4v) is 10.4. The highest BCUT2D eigenvalue weighted by atomic mass is 16.6. The number of carbonyl (C=O) groups excluding carboxylic acids is 3. The van der Waals surface area contributed by atoms with Gasteiger partial charge in [0, 0.05) is 37.4 Å². The number of benzene rings is 2. The number of carbonyl (C=O) groups is 3. The van der Waals surface area contributed by atoms with E-state index in [0.29, 0.717) is 40.7 Å². The number of hydrogen-bond acceptors (Lipinski definition) is 10. The molecule has 15 heteroatoms. The summed E-state index contributed by atoms with van der Waals surface area (Å²) in [5, 5.41) is 2.70. The van der Waals surface area contributed by atoms with Crippen LogP contribution in [-0.4, -0.2) is 99.3 Å². The molecule has 15 nitrogen and oxygen atoms in total. The minimum absolute atomic E-state index is 0.0551. The molecule has 60 heavy (non-hydrogen) atoms. The first kappa shape index (κ1) is 40.0. The molecule has 2 aliphatic carbocycles. The van der Waals surface area contributed by atoms with Gasteiger partial charge in [0.25, 0.3) is 0 Å². The molecule has 4 aromatic rings. The first-order valence-electron chi connectivity index (χ1n) is 21.4. The van der Waals surface area contributed by atoms with Gasteiger partial charge in [-0.1, -0.05) is 19.8 Å². The second-order valence-electron chi connectivity index (χ2n) is 17.2. The Morgan fingerprint density at radius 1 is 0.700 bits per heavy atom. The number of aromatic nitrogens is 4. The van der Waals surface area contributed by atoms with E-state index >= 15 is 0 Å². The van der Waals surface area contributed by atoms with E-state index in [2.05, 4.69) is 20.2 Å². The van der Waals surface area contributed by atoms with Crippen molar-refractivity contribution in [2.24, 2.45) is 17.8 Å². The van der Waals surface area contributed by atoms with Crippen molar-refractivity contribution in [1.29, 1.82) is 0 Å². The van der Waals surface area contributed by atoms with Gasteiger partial charge in [-0.2, -0.15) is 0 Å². The number of imidazole rings is 2. The monoisotopic (exact) mass is 821 g/mol. The number of nitrogens with zero attached hydrogens (tertiary/aromatic N) is 4. The van der Waals surface area contributed by atoms with E-state index in [0.717, 1.165) is 79.7 Å². The molecule has 3 N–H and O–H groups in total. The minimum atomic E-state index is -0.911. The summed E-state index contributed by atoms with van der Waals surface area (Å²) >= 11 is 0. The summed E-state index contributed by atoms with van der Waals surface area (Å²) in [5.74, 6) is 4.31. The Morgan fingerprint density at radius 3 is 1.68 bits per heavy atom. The fraction of sp³-hybridized carbons (Fsp3) is 0.533. The third kappa shape index (κ3) is 7.08. The summed E-state index contributed by atoms with van der Waals surface area (Å²) in [4.78, 5) is 61.0. The van der Waals surface area contributed by atoms with Crippen LogP contribution in [0.15, 0.2) is 48.8 Å². The predicted octanol–water partition coefficient (Wildman–Crippen LogP) is 7.68. The fourth-order valence-electron chi connectivity index (χ4n) is 10.4. The van der Waals surface area contributed by atoms with Crippen LogP contribution in [0.3, 0.4) is 0 Å². The average molecular weight is 822 g/mol. The lowest BCUT2D eigenvalue weighted by molar-refractivity contribution is -0.142. The third-order valence-corrected chi connectivity index (χ3v) is 14.0. The molecular weight excluding hydrogens is 767 g/mol. The van der Waals surface area contributed by atoms with Crippen molar-refractivity contribution in [1.82, 2.24) is 35.1 Å². The Kier molecular flexibility index (Phi) is 10.8. The van der Waals surface area contributed by atoms with Crippen LogP contribution in [-0.2, 0) is 23.8 Å². The Balaban J connectivity index is 0.913. The van der Waals surface area contributed by atoms with Crippen molar-refractivity contribution in [2.45, 2.75) is 115 Å². The smallest absolute Gasteiger partial charge is 0.407 e. The molecule has 5 aliphatic rings. The van der Waals surface area contributed by atoms with Crippen LogP contribution in [0.1, 0.15) is 95.9 Å². The van der Waals surface area contributed by atoms with Crippen molar-refractivity contribution in [2.75, 3.05) is 21.3 Å². The number of rotatable bonds is 11. The third-order valence-electron chi connectivity index (χ3n) is 14.0. The highest BCUT2D eigenvalue weighted by Crippen LogP contribution is 2.51. The molecular formula is C45H55N7O8. The van der Waals surface area contributed by atoms with Gasteiger partial charge in [-0.15, -0.1) is 0 Å². The average Bonchev–Trinajstić information content (AvgIpc) is 4.12. The topological polar surface area (TPSA) is 173 Å². The maximum Gasteiger partial charge on any atom is 0.407 e. The molecule has 2 saturated carbocycles. The number of alkyl carbamates (subject to hydrolysis) is 1. The van der Waals surface area contributed by atoms with Gasteiger partial charge in [-0.25, -0.2) is 14.8 Å². The molecule has 10 atom stereocenters. The van der Waals surface area contributed by atoms with Gasteiger partial charge in [-0.05, 0) is 101 Å². The van der Waals surface area contributed by atoms with Crippen LogP contribution in [0.4, 0.5) is 4.79 Å². The summed E-state index contributed by atoms with van der Waals surface area (Å²) in [5.41, 5.74) is 3.36. The summed E-state index contributed by atoms with van der Waals surface area (Å²) in [7, 11) is 4.45. The summed E-state index contributed by atoms with van der Waals surface area (Å²) in [6.45, 7) is 5.67. The van der Waals surface area contributed by atoms with Crippen molar-refractivity contribution in [3.05, 3.63) is 60.4 Å². The van der Waals surface area contributed by atoms with Crippen LogP contribution in [0.5, 0.6) is 23.0 Å². The van der Waals surface area contributed by atoms with Crippen LogP contribution in [0.25, 0.3) is 22.5 Å². The molecule has 2 aromatic heterocycles. The van der Waals surface area contributed by atoms with E-state index in [1.54, 1.807) is 20.2 Å². The van der Waals surface area contributed by atoms with E-state index in [1.165, 1.54) is 14.2 Å². The molecule has 3 aliphatic heterocycles. The molecule has 4 fully saturated rings. The quantitative estimate of drug-likeness (QED) is 0.120. The van der Waals surface area contributed by atoms with Gasteiger partial charge in [0.1, 0.15) is 17.7 Å². The van der Waals surface area contributed by atoms with E-state index in [-0.39, 0.29) is 48.0 Å². The zero-order chi connectivity index (χ0) is 41.8. The maximum absolute atomic E-state index is 14.2. The molecule has 2 aromatic carbocycles. The molecule has 0 unspecified atom stereocenters. The second-order valence-corrected chi connectivity index (χ2v) is 17.2. The normalized spacial score (nSPS) is 25.9. The lowest BCUT2D eigenvalue weighted by Gasteiger charge is -2.34. The van der Waals surface area contributed by atoms with E-state index < -0.39 is 18.2 Å². The van der Waals surface area contributed by atoms with Gasteiger partial charge < -0.3 is 48.8 Å². The maximum atomic E-state index is 14.2. The van der Waals surface area contributed by atoms with Crippen molar-refractivity contribution >= 4 is 17.9 Å². The molecule has 318 valence electrons. The second kappa shape index (κ2) is 16.2. The number of methoxy groups -OCH3 is 3. The van der Waals surface area contributed by atoms with Gasteiger partial charge in [0.2, 0.25) is 11.8 Å².